The van der Waals surface area contributed by atoms with Crippen LogP contribution in [0.1, 0.15) is 33.1 Å². The zero-order valence-electron chi connectivity index (χ0n) is 7.88. The van der Waals surface area contributed by atoms with Crippen molar-refractivity contribution in [2.24, 2.45) is 11.8 Å². The summed E-state index contributed by atoms with van der Waals surface area (Å²) in [6, 6.07) is 0. The fourth-order valence-electron chi connectivity index (χ4n) is 1.77. The molecule has 1 saturated carbocycles. The molecular weight excluding hydrogens is 152 g/mol. The van der Waals surface area contributed by atoms with Crippen molar-refractivity contribution in [3.8, 4) is 0 Å². The Morgan fingerprint density at radius 2 is 2.00 bits per heavy atom. The molecule has 2 N–H and O–H groups in total. The minimum Gasteiger partial charge on any atom is -0.365 e. The van der Waals surface area contributed by atoms with Crippen LogP contribution in [0, 0.1) is 11.8 Å². The minimum absolute atomic E-state index is 0.00639. The zero-order valence-corrected chi connectivity index (χ0v) is 7.88. The maximum Gasteiger partial charge on any atom is 0.165 e. The van der Waals surface area contributed by atoms with Gasteiger partial charge in [0.05, 0.1) is 0 Å². The zero-order chi connectivity index (χ0) is 9.35. The van der Waals surface area contributed by atoms with Gasteiger partial charge in [-0.2, -0.15) is 0 Å². The average Bonchev–Trinajstić information content (AvgIpc) is 1.94. The van der Waals surface area contributed by atoms with Gasteiger partial charge < -0.3 is 10.2 Å². The van der Waals surface area contributed by atoms with Crippen LogP contribution in [-0.2, 0) is 0 Å². The van der Waals surface area contributed by atoms with E-state index in [0.717, 1.165) is 18.4 Å². The molecule has 0 bridgehead atoms. The third-order valence-corrected chi connectivity index (χ3v) is 2.98. The molecule has 0 saturated heterocycles. The van der Waals surface area contributed by atoms with E-state index in [1.54, 1.807) is 0 Å². The molecule has 1 aliphatic carbocycles. The van der Waals surface area contributed by atoms with E-state index < -0.39 is 5.79 Å². The van der Waals surface area contributed by atoms with Gasteiger partial charge in [-0.15, -0.1) is 0 Å². The molecule has 2 unspecified atom stereocenters. The second-order valence-electron chi connectivity index (χ2n) is 4.10. The van der Waals surface area contributed by atoms with Crippen LogP contribution >= 0.6 is 0 Å². The summed E-state index contributed by atoms with van der Waals surface area (Å²) < 4.78 is 0. The van der Waals surface area contributed by atoms with E-state index in [1.807, 2.05) is 13.8 Å². The standard InChI is InChI=1S/C10H18O2/c1-7(2)9-5-4-8(3)10(11,12)6-9/h8-9,11-12H,1,4-6H2,2-3H3. The van der Waals surface area contributed by atoms with Crippen LogP contribution in [-0.4, -0.2) is 16.0 Å². The predicted octanol–water partition coefficient (Wildman–Crippen LogP) is 1.68. The highest BCUT2D eigenvalue weighted by molar-refractivity contribution is 5.00. The van der Waals surface area contributed by atoms with Gasteiger partial charge in [0.25, 0.3) is 0 Å². The van der Waals surface area contributed by atoms with Crippen LogP contribution in [0.4, 0.5) is 0 Å². The van der Waals surface area contributed by atoms with Gasteiger partial charge >= 0.3 is 0 Å². The van der Waals surface area contributed by atoms with Crippen molar-refractivity contribution in [1.29, 1.82) is 0 Å². The molecule has 0 heterocycles. The van der Waals surface area contributed by atoms with Gasteiger partial charge in [0.15, 0.2) is 5.79 Å². The summed E-state index contributed by atoms with van der Waals surface area (Å²) in [6.45, 7) is 7.69. The number of hydrogen-bond donors (Lipinski definition) is 2. The fourth-order valence-corrected chi connectivity index (χ4v) is 1.77. The monoisotopic (exact) mass is 170 g/mol. The lowest BCUT2D eigenvalue weighted by atomic mass is 9.76. The van der Waals surface area contributed by atoms with E-state index in [0.29, 0.717) is 6.42 Å². The van der Waals surface area contributed by atoms with Crippen molar-refractivity contribution in [3.05, 3.63) is 12.2 Å². The predicted molar refractivity (Wildman–Crippen MR) is 48.5 cm³/mol. The van der Waals surface area contributed by atoms with Crippen molar-refractivity contribution in [2.45, 2.75) is 38.9 Å². The molecule has 1 aliphatic rings. The average molecular weight is 170 g/mol. The summed E-state index contributed by atoms with van der Waals surface area (Å²) in [4.78, 5) is 0. The van der Waals surface area contributed by atoms with E-state index in [4.69, 9.17) is 0 Å². The Labute approximate surface area is 73.9 Å². The summed E-state index contributed by atoms with van der Waals surface area (Å²) in [6.07, 6.45) is 2.37. The van der Waals surface area contributed by atoms with Crippen LogP contribution in [0.25, 0.3) is 0 Å². The maximum atomic E-state index is 9.58. The summed E-state index contributed by atoms with van der Waals surface area (Å²) >= 11 is 0. The van der Waals surface area contributed by atoms with Gasteiger partial charge in [-0.05, 0) is 25.7 Å². The van der Waals surface area contributed by atoms with Crippen molar-refractivity contribution >= 4 is 0 Å². The molecule has 0 amide bonds. The maximum absolute atomic E-state index is 9.58. The highest BCUT2D eigenvalue weighted by Gasteiger charge is 2.38. The van der Waals surface area contributed by atoms with Crippen molar-refractivity contribution in [2.75, 3.05) is 0 Å². The molecule has 0 aromatic heterocycles. The first-order chi connectivity index (χ1) is 5.43. The summed E-state index contributed by atoms with van der Waals surface area (Å²) in [7, 11) is 0. The van der Waals surface area contributed by atoms with Crippen molar-refractivity contribution in [3.63, 3.8) is 0 Å². The van der Waals surface area contributed by atoms with Crippen LogP contribution in [0.5, 0.6) is 0 Å². The van der Waals surface area contributed by atoms with Crippen LogP contribution in [0.15, 0.2) is 12.2 Å². The molecular formula is C10H18O2. The van der Waals surface area contributed by atoms with E-state index in [2.05, 4.69) is 6.58 Å². The van der Waals surface area contributed by atoms with Crippen molar-refractivity contribution < 1.29 is 10.2 Å². The summed E-state index contributed by atoms with van der Waals surface area (Å²) in [5.74, 6) is -1.19. The van der Waals surface area contributed by atoms with Gasteiger partial charge in [-0.1, -0.05) is 19.1 Å². The molecule has 12 heavy (non-hydrogen) atoms. The topological polar surface area (TPSA) is 40.5 Å². The van der Waals surface area contributed by atoms with Crippen LogP contribution in [0.2, 0.25) is 0 Å². The highest BCUT2D eigenvalue weighted by atomic mass is 16.5. The Kier molecular flexibility index (Phi) is 2.59. The Morgan fingerprint density at radius 3 is 2.42 bits per heavy atom. The molecule has 1 rings (SSSR count). The van der Waals surface area contributed by atoms with E-state index in [1.165, 1.54) is 0 Å². The molecule has 2 nitrogen and oxygen atoms in total. The lowest BCUT2D eigenvalue weighted by Gasteiger charge is -2.38. The molecule has 70 valence electrons. The van der Waals surface area contributed by atoms with Gasteiger partial charge in [0.2, 0.25) is 0 Å². The Bertz CT molecular complexity index is 184. The van der Waals surface area contributed by atoms with Crippen LogP contribution in [0.3, 0.4) is 0 Å². The molecule has 0 aliphatic heterocycles. The van der Waals surface area contributed by atoms with E-state index >= 15 is 0 Å². The number of rotatable bonds is 1. The first-order valence-corrected chi connectivity index (χ1v) is 4.53. The molecule has 2 atom stereocenters. The Hall–Kier alpha value is -0.340. The molecule has 2 heteroatoms. The van der Waals surface area contributed by atoms with E-state index in [9.17, 15) is 10.2 Å². The van der Waals surface area contributed by atoms with Gasteiger partial charge in [-0.3, -0.25) is 0 Å². The fraction of sp³-hybridized carbons (Fsp3) is 0.800. The third kappa shape index (κ3) is 1.87. The summed E-state index contributed by atoms with van der Waals surface area (Å²) in [5.41, 5.74) is 1.06. The van der Waals surface area contributed by atoms with Gasteiger partial charge in [0.1, 0.15) is 0 Å². The molecule has 1 fully saturated rings. The Morgan fingerprint density at radius 1 is 1.42 bits per heavy atom. The van der Waals surface area contributed by atoms with Crippen LogP contribution < -0.4 is 0 Å². The first kappa shape index (κ1) is 9.75. The van der Waals surface area contributed by atoms with E-state index in [-0.39, 0.29) is 11.8 Å². The quantitative estimate of drug-likeness (QED) is 0.464. The largest absolute Gasteiger partial charge is 0.365 e. The molecule has 0 radical (unpaired) electrons. The second kappa shape index (κ2) is 3.19. The first-order valence-electron chi connectivity index (χ1n) is 4.53. The third-order valence-electron chi connectivity index (χ3n) is 2.98. The van der Waals surface area contributed by atoms with Gasteiger partial charge in [0, 0.05) is 12.3 Å². The second-order valence-corrected chi connectivity index (χ2v) is 4.10. The van der Waals surface area contributed by atoms with Gasteiger partial charge in [-0.25, -0.2) is 0 Å². The molecule has 0 spiro atoms. The SMILES string of the molecule is C=C(C)C1CCC(C)C(O)(O)C1. The molecule has 0 aromatic carbocycles. The number of allylic oxidation sites excluding steroid dienone is 1. The lowest BCUT2D eigenvalue weighted by Crippen LogP contribution is -2.42. The molecule has 0 aromatic rings. The van der Waals surface area contributed by atoms with Crippen molar-refractivity contribution in [1.82, 2.24) is 0 Å². The normalized spacial score (nSPS) is 34.7. The lowest BCUT2D eigenvalue weighted by molar-refractivity contribution is -0.219. The Balaban J connectivity index is 2.63. The minimum atomic E-state index is -1.47. The highest BCUT2D eigenvalue weighted by Crippen LogP contribution is 2.37. The number of hydrogen-bond acceptors (Lipinski definition) is 2. The smallest absolute Gasteiger partial charge is 0.165 e. The summed E-state index contributed by atoms with van der Waals surface area (Å²) in [5, 5.41) is 19.2. The number of aliphatic hydroxyl groups is 2.